The number of benzene rings is 1. The second kappa shape index (κ2) is 4.86. The number of halogens is 1. The molecule has 100 valence electrons. The first-order valence-electron chi connectivity index (χ1n) is 4.86. The molecule has 0 fully saturated rings. The lowest BCUT2D eigenvalue weighted by Crippen LogP contribution is -2.13. The smallest absolute Gasteiger partial charge is 0.270 e. The summed E-state index contributed by atoms with van der Waals surface area (Å²) in [7, 11) is -4.02. The van der Waals surface area contributed by atoms with E-state index >= 15 is 0 Å². The molecule has 19 heavy (non-hydrogen) atoms. The largest absolute Gasteiger partial charge is 0.284 e. The van der Waals surface area contributed by atoms with E-state index in [1.807, 2.05) is 0 Å². The highest BCUT2D eigenvalue weighted by Crippen LogP contribution is 2.27. The summed E-state index contributed by atoms with van der Waals surface area (Å²) in [5.74, 6) is 0. The maximum atomic E-state index is 12.0. The fourth-order valence-corrected chi connectivity index (χ4v) is 2.88. The van der Waals surface area contributed by atoms with Crippen LogP contribution in [-0.2, 0) is 10.0 Å². The Hall–Kier alpha value is -2.13. The van der Waals surface area contributed by atoms with E-state index < -0.39 is 14.9 Å². The lowest BCUT2D eigenvalue weighted by Gasteiger charge is -2.07. The van der Waals surface area contributed by atoms with Crippen LogP contribution in [0.4, 0.5) is 11.4 Å². The summed E-state index contributed by atoms with van der Waals surface area (Å²) >= 11 is 5.76. The van der Waals surface area contributed by atoms with Gasteiger partial charge in [0.15, 0.2) is 0 Å². The van der Waals surface area contributed by atoms with Crippen LogP contribution < -0.4 is 4.72 Å². The second-order valence-electron chi connectivity index (χ2n) is 3.46. The van der Waals surface area contributed by atoms with Crippen LogP contribution in [0.25, 0.3) is 0 Å². The van der Waals surface area contributed by atoms with Gasteiger partial charge in [-0.15, -0.1) is 0 Å². The van der Waals surface area contributed by atoms with Gasteiger partial charge in [0.2, 0.25) is 0 Å². The van der Waals surface area contributed by atoms with Crippen LogP contribution in [0, 0.1) is 10.1 Å². The molecule has 2 rings (SSSR count). The minimum atomic E-state index is -4.02. The predicted octanol–water partition coefficient (Wildman–Crippen LogP) is 1.77. The van der Waals surface area contributed by atoms with Crippen molar-refractivity contribution < 1.29 is 13.3 Å². The fraction of sp³-hybridized carbons (Fsp3) is 0. The number of sulfonamides is 1. The summed E-state index contributed by atoms with van der Waals surface area (Å²) in [6.07, 6.45) is 2.58. The third-order valence-electron chi connectivity index (χ3n) is 2.17. The Bertz CT molecular complexity index is 714. The first-order valence-corrected chi connectivity index (χ1v) is 6.72. The Morgan fingerprint density at radius 3 is 2.74 bits per heavy atom. The molecule has 0 atom stereocenters. The Morgan fingerprint density at radius 2 is 2.16 bits per heavy atom. The molecule has 0 aliphatic heterocycles. The van der Waals surface area contributed by atoms with Crippen molar-refractivity contribution in [3.05, 3.63) is 45.7 Å². The first kappa shape index (κ1) is 13.3. The second-order valence-corrected chi connectivity index (χ2v) is 5.52. The van der Waals surface area contributed by atoms with Crippen LogP contribution in [0.5, 0.6) is 0 Å². The van der Waals surface area contributed by atoms with Gasteiger partial charge in [0, 0.05) is 18.3 Å². The zero-order valence-electron chi connectivity index (χ0n) is 9.20. The molecule has 0 bridgehead atoms. The van der Waals surface area contributed by atoms with Crippen molar-refractivity contribution in [1.29, 1.82) is 0 Å². The molecule has 1 aromatic carbocycles. The van der Waals surface area contributed by atoms with Crippen molar-refractivity contribution in [2.75, 3.05) is 4.72 Å². The third-order valence-corrected chi connectivity index (χ3v) is 4.03. The molecule has 1 aromatic heterocycles. The molecule has 0 saturated heterocycles. The highest BCUT2D eigenvalue weighted by atomic mass is 35.5. The van der Waals surface area contributed by atoms with E-state index in [0.717, 1.165) is 18.2 Å². The Balaban J connectivity index is 2.45. The number of aromatic amines is 1. The van der Waals surface area contributed by atoms with Crippen LogP contribution in [0.2, 0.25) is 5.02 Å². The zero-order chi connectivity index (χ0) is 14.0. The molecular weight excluding hydrogens is 296 g/mol. The maximum absolute atomic E-state index is 12.0. The fourth-order valence-electron chi connectivity index (χ4n) is 1.33. The van der Waals surface area contributed by atoms with Gasteiger partial charge in [-0.25, -0.2) is 8.42 Å². The number of nitro benzene ring substituents is 1. The average Bonchev–Trinajstić information content (AvgIpc) is 2.81. The molecule has 2 N–H and O–H groups in total. The summed E-state index contributed by atoms with van der Waals surface area (Å²) in [5, 5.41) is 16.5. The van der Waals surface area contributed by atoms with E-state index in [4.69, 9.17) is 11.6 Å². The van der Waals surface area contributed by atoms with Crippen LogP contribution in [0.1, 0.15) is 0 Å². The number of hydrogen-bond donors (Lipinski definition) is 2. The number of hydrogen-bond acceptors (Lipinski definition) is 5. The molecule has 0 aliphatic rings. The van der Waals surface area contributed by atoms with Gasteiger partial charge in [0.25, 0.3) is 15.7 Å². The number of nitro groups is 1. The van der Waals surface area contributed by atoms with Gasteiger partial charge >= 0.3 is 0 Å². The van der Waals surface area contributed by atoms with Gasteiger partial charge in [-0.05, 0) is 6.07 Å². The highest BCUT2D eigenvalue weighted by molar-refractivity contribution is 7.92. The minimum Gasteiger partial charge on any atom is -0.284 e. The van der Waals surface area contributed by atoms with Crippen molar-refractivity contribution in [2.24, 2.45) is 0 Å². The van der Waals surface area contributed by atoms with E-state index in [1.165, 1.54) is 12.4 Å². The van der Waals surface area contributed by atoms with E-state index in [9.17, 15) is 18.5 Å². The summed E-state index contributed by atoms with van der Waals surface area (Å²) < 4.78 is 26.3. The van der Waals surface area contributed by atoms with Crippen molar-refractivity contribution in [2.45, 2.75) is 4.90 Å². The standard InChI is InChI=1S/C9H7ClN4O4S/c10-8-2-1-7(14(15)16)3-9(8)19(17,18)13-6-4-11-12-5-6/h1-5,13H,(H,11,12). The van der Waals surface area contributed by atoms with Gasteiger partial charge in [0.1, 0.15) is 4.90 Å². The number of nitrogens with one attached hydrogen (secondary N) is 2. The van der Waals surface area contributed by atoms with Crippen molar-refractivity contribution in [3.8, 4) is 0 Å². The van der Waals surface area contributed by atoms with Crippen molar-refractivity contribution >= 4 is 33.0 Å². The molecule has 0 radical (unpaired) electrons. The molecule has 0 spiro atoms. The highest BCUT2D eigenvalue weighted by Gasteiger charge is 2.21. The Labute approximate surface area is 112 Å². The molecule has 0 saturated carbocycles. The average molecular weight is 303 g/mol. The minimum absolute atomic E-state index is 0.110. The molecule has 0 amide bonds. The predicted molar refractivity (Wildman–Crippen MR) is 67.5 cm³/mol. The van der Waals surface area contributed by atoms with Gasteiger partial charge < -0.3 is 0 Å². The third kappa shape index (κ3) is 2.83. The van der Waals surface area contributed by atoms with Crippen LogP contribution in [0.15, 0.2) is 35.5 Å². The lowest BCUT2D eigenvalue weighted by molar-refractivity contribution is -0.385. The van der Waals surface area contributed by atoms with E-state index in [-0.39, 0.29) is 21.3 Å². The SMILES string of the molecule is O=[N+]([O-])c1ccc(Cl)c(S(=O)(=O)Nc2cn[nH]c2)c1. The van der Waals surface area contributed by atoms with Crippen LogP contribution in [0.3, 0.4) is 0 Å². The molecule has 0 aliphatic carbocycles. The molecule has 2 aromatic rings. The molecule has 0 unspecified atom stereocenters. The summed E-state index contributed by atoms with van der Waals surface area (Å²) in [6, 6.07) is 3.17. The molecule has 10 heteroatoms. The van der Waals surface area contributed by atoms with Gasteiger partial charge in [-0.3, -0.25) is 19.9 Å². The number of non-ortho nitro benzene ring substituents is 1. The van der Waals surface area contributed by atoms with Crippen LogP contribution in [-0.4, -0.2) is 23.5 Å². The van der Waals surface area contributed by atoms with Crippen LogP contribution >= 0.6 is 11.6 Å². The molecular formula is C9H7ClN4O4S. The number of rotatable bonds is 4. The van der Waals surface area contributed by atoms with Gasteiger partial charge in [0.05, 0.1) is 21.8 Å². The van der Waals surface area contributed by atoms with Crippen molar-refractivity contribution in [3.63, 3.8) is 0 Å². The summed E-state index contributed by atoms with van der Waals surface area (Å²) in [4.78, 5) is 9.57. The van der Waals surface area contributed by atoms with Crippen molar-refractivity contribution in [1.82, 2.24) is 10.2 Å². The quantitative estimate of drug-likeness (QED) is 0.659. The lowest BCUT2D eigenvalue weighted by atomic mass is 10.3. The zero-order valence-corrected chi connectivity index (χ0v) is 10.8. The van der Waals surface area contributed by atoms with E-state index in [0.29, 0.717) is 0 Å². The monoisotopic (exact) mass is 302 g/mol. The Morgan fingerprint density at radius 1 is 1.42 bits per heavy atom. The van der Waals surface area contributed by atoms with Gasteiger partial charge in [-0.1, -0.05) is 11.6 Å². The molecule has 1 heterocycles. The Kier molecular flexibility index (Phi) is 3.40. The first-order chi connectivity index (χ1) is 8.90. The number of nitrogens with zero attached hydrogens (tertiary/aromatic N) is 2. The topological polar surface area (TPSA) is 118 Å². The van der Waals surface area contributed by atoms with E-state index in [1.54, 1.807) is 0 Å². The molecule has 8 nitrogen and oxygen atoms in total. The summed E-state index contributed by atoms with van der Waals surface area (Å²) in [5.41, 5.74) is -0.167. The normalized spacial score (nSPS) is 11.2. The maximum Gasteiger partial charge on any atom is 0.270 e. The number of aromatic nitrogens is 2. The summed E-state index contributed by atoms with van der Waals surface area (Å²) in [6.45, 7) is 0. The number of H-pyrrole nitrogens is 1. The van der Waals surface area contributed by atoms with E-state index in [2.05, 4.69) is 14.9 Å². The van der Waals surface area contributed by atoms with Gasteiger partial charge in [-0.2, -0.15) is 5.10 Å². The number of anilines is 1.